The minimum absolute atomic E-state index is 0.0647. The highest BCUT2D eigenvalue weighted by Gasteiger charge is 2.37. The number of nitrogens with zero attached hydrogens (tertiary/aromatic N) is 2. The first-order valence-corrected chi connectivity index (χ1v) is 13.3. The van der Waals surface area contributed by atoms with Crippen molar-refractivity contribution in [3.8, 4) is 10.6 Å². The van der Waals surface area contributed by atoms with E-state index in [1.807, 2.05) is 48.2 Å². The third-order valence-corrected chi connectivity index (χ3v) is 9.25. The molecular weight excluding hydrogens is 450 g/mol. The van der Waals surface area contributed by atoms with Crippen LogP contribution in [0.3, 0.4) is 0 Å². The number of Topliss-reactive ketones (excluding diaryl/α,β-unsaturated/α-hetero) is 1. The third kappa shape index (κ3) is 4.80. The lowest BCUT2D eigenvalue weighted by atomic mass is 9.74. The maximum Gasteiger partial charge on any atom is 0.342 e. The van der Waals surface area contributed by atoms with Crippen LogP contribution in [0.2, 0.25) is 0 Å². The Kier molecular flexibility index (Phi) is 6.18. The van der Waals surface area contributed by atoms with Gasteiger partial charge in [-0.2, -0.15) is 9.78 Å². The van der Waals surface area contributed by atoms with Crippen molar-refractivity contribution in [2.45, 2.75) is 68.4 Å². The molecule has 0 radical (unpaired) electrons. The number of nitrogens with one attached hydrogen (secondary N) is 1. The molecule has 1 aromatic carbocycles. The summed E-state index contributed by atoms with van der Waals surface area (Å²) in [5, 5.41) is 8.14. The fraction of sp³-hybridized carbons (Fsp3) is 0.423. The van der Waals surface area contributed by atoms with Crippen LogP contribution in [0.4, 0.5) is 4.79 Å². The minimum Gasteiger partial charge on any atom is -0.332 e. The zero-order valence-electron chi connectivity index (χ0n) is 19.1. The van der Waals surface area contributed by atoms with Gasteiger partial charge in [0.25, 0.3) is 0 Å². The van der Waals surface area contributed by atoms with Crippen molar-refractivity contribution in [1.82, 2.24) is 15.1 Å². The molecular formula is C26H29N3O2S2. The molecule has 5 rings (SSSR count). The lowest BCUT2D eigenvalue weighted by Crippen LogP contribution is -2.28. The predicted octanol–water partition coefficient (Wildman–Crippen LogP) is 6.56. The lowest BCUT2D eigenvalue weighted by molar-refractivity contribution is 0.0910. The molecule has 0 bridgehead atoms. The van der Waals surface area contributed by atoms with Gasteiger partial charge in [-0.1, -0.05) is 57.0 Å². The molecule has 5 nitrogen and oxygen atoms in total. The van der Waals surface area contributed by atoms with Crippen LogP contribution in [0.25, 0.3) is 10.6 Å². The molecule has 1 amide bonds. The van der Waals surface area contributed by atoms with E-state index in [9.17, 15) is 9.59 Å². The normalized spacial score (nSPS) is 17.8. The smallest absolute Gasteiger partial charge is 0.332 e. The van der Waals surface area contributed by atoms with Gasteiger partial charge in [0.2, 0.25) is 0 Å². The number of carbonyl (C=O) groups is 2. The molecule has 33 heavy (non-hydrogen) atoms. The van der Waals surface area contributed by atoms with E-state index in [-0.39, 0.29) is 17.2 Å². The molecule has 1 saturated carbocycles. The lowest BCUT2D eigenvalue weighted by Gasteiger charge is -2.29. The number of hydrogen-bond donors (Lipinski definition) is 1. The van der Waals surface area contributed by atoms with Crippen LogP contribution in [-0.2, 0) is 13.0 Å². The van der Waals surface area contributed by atoms with E-state index in [1.54, 1.807) is 17.5 Å². The second kappa shape index (κ2) is 9.11. The fourth-order valence-electron chi connectivity index (χ4n) is 4.82. The molecule has 2 aromatic heterocycles. The van der Waals surface area contributed by atoms with E-state index in [0.29, 0.717) is 18.2 Å². The van der Waals surface area contributed by atoms with Gasteiger partial charge < -0.3 is 5.32 Å². The quantitative estimate of drug-likeness (QED) is 0.450. The summed E-state index contributed by atoms with van der Waals surface area (Å²) in [4.78, 5) is 26.9. The predicted molar refractivity (Wildman–Crippen MR) is 134 cm³/mol. The summed E-state index contributed by atoms with van der Waals surface area (Å²) in [5.74, 6) is 0.254. The third-order valence-electron chi connectivity index (χ3n) is 6.44. The number of fused-ring (bicyclic) bond motifs is 1. The molecule has 0 unspecified atom stereocenters. The number of benzene rings is 1. The van der Waals surface area contributed by atoms with Crippen molar-refractivity contribution in [1.29, 1.82) is 0 Å². The Morgan fingerprint density at radius 3 is 2.70 bits per heavy atom. The van der Waals surface area contributed by atoms with E-state index in [1.165, 1.54) is 30.4 Å². The van der Waals surface area contributed by atoms with E-state index < -0.39 is 0 Å². The Labute approximate surface area is 203 Å². The fourth-order valence-corrected chi connectivity index (χ4v) is 7.93. The highest BCUT2D eigenvalue weighted by molar-refractivity contribution is 8.01. The van der Waals surface area contributed by atoms with Gasteiger partial charge in [-0.3, -0.25) is 4.79 Å². The highest BCUT2D eigenvalue weighted by atomic mass is 32.2. The molecule has 0 atom stereocenters. The first-order valence-electron chi connectivity index (χ1n) is 11.6. The maximum atomic E-state index is 13.2. The summed E-state index contributed by atoms with van der Waals surface area (Å²) in [6, 6.07) is 11.5. The first kappa shape index (κ1) is 22.4. The molecule has 1 N–H and O–H groups in total. The summed E-state index contributed by atoms with van der Waals surface area (Å²) in [6.07, 6.45) is 8.17. The second-order valence-electron chi connectivity index (χ2n) is 9.83. The van der Waals surface area contributed by atoms with Gasteiger partial charge in [0.1, 0.15) is 5.69 Å². The Balaban J connectivity index is 1.42. The molecule has 7 heteroatoms. The van der Waals surface area contributed by atoms with Crippen LogP contribution >= 0.6 is 23.1 Å². The van der Waals surface area contributed by atoms with Crippen LogP contribution in [0.15, 0.2) is 46.8 Å². The van der Waals surface area contributed by atoms with Crippen LogP contribution in [-0.4, -0.2) is 26.8 Å². The highest BCUT2D eigenvalue weighted by Crippen LogP contribution is 2.50. The molecule has 2 heterocycles. The van der Waals surface area contributed by atoms with Crippen molar-refractivity contribution < 1.29 is 9.59 Å². The summed E-state index contributed by atoms with van der Waals surface area (Å²) in [7, 11) is 0. The first-order chi connectivity index (χ1) is 15.9. The number of aromatic nitrogens is 2. The maximum absolute atomic E-state index is 13.2. The minimum atomic E-state index is -0.257. The van der Waals surface area contributed by atoms with Crippen molar-refractivity contribution in [3.63, 3.8) is 0 Å². The molecule has 2 aliphatic rings. The van der Waals surface area contributed by atoms with E-state index in [0.717, 1.165) is 37.9 Å². The number of hydrogen-bond acceptors (Lipinski definition) is 5. The Morgan fingerprint density at radius 2 is 1.94 bits per heavy atom. The number of thiophene rings is 1. The van der Waals surface area contributed by atoms with Gasteiger partial charge in [0.15, 0.2) is 5.78 Å². The SMILES string of the molecule is CC1(C)CC(=O)c2c(SC3CCCC3)sc(-c3ccn(C(=O)NCc4ccccc4)n3)c2C1. The van der Waals surface area contributed by atoms with Crippen LogP contribution in [0, 0.1) is 5.41 Å². The second-order valence-corrected chi connectivity index (χ2v) is 12.4. The van der Waals surface area contributed by atoms with Gasteiger partial charge in [0, 0.05) is 30.0 Å². The van der Waals surface area contributed by atoms with Crippen LogP contribution in [0.1, 0.15) is 67.4 Å². The summed E-state index contributed by atoms with van der Waals surface area (Å²) < 4.78 is 2.51. The van der Waals surface area contributed by atoms with Gasteiger partial charge in [-0.05, 0) is 41.9 Å². The standard InChI is InChI=1S/C26H29N3O2S2/c1-26(2)14-19-22(21(30)15-26)24(32-18-10-6-7-11-18)33-23(19)20-12-13-29(28-20)25(31)27-16-17-8-4-3-5-9-17/h3-5,8-9,12-13,18H,6-7,10-11,14-16H2,1-2H3,(H,27,31). The van der Waals surface area contributed by atoms with Crippen molar-refractivity contribution in [2.75, 3.05) is 0 Å². The Morgan fingerprint density at radius 1 is 1.18 bits per heavy atom. The largest absolute Gasteiger partial charge is 0.342 e. The zero-order chi connectivity index (χ0) is 23.0. The summed E-state index contributed by atoms with van der Waals surface area (Å²) in [5.41, 5.74) is 3.80. The van der Waals surface area contributed by atoms with Crippen molar-refractivity contribution in [2.24, 2.45) is 5.41 Å². The van der Waals surface area contributed by atoms with E-state index in [2.05, 4.69) is 24.3 Å². The van der Waals surface area contributed by atoms with E-state index in [4.69, 9.17) is 0 Å². The molecule has 0 spiro atoms. The molecule has 1 fully saturated rings. The van der Waals surface area contributed by atoms with Gasteiger partial charge in [-0.15, -0.1) is 23.1 Å². The number of ketones is 1. The van der Waals surface area contributed by atoms with E-state index >= 15 is 0 Å². The van der Waals surface area contributed by atoms with Crippen molar-refractivity contribution in [3.05, 3.63) is 59.3 Å². The average molecular weight is 480 g/mol. The number of amides is 1. The molecule has 0 aliphatic heterocycles. The van der Waals surface area contributed by atoms with Crippen molar-refractivity contribution >= 4 is 34.9 Å². The monoisotopic (exact) mass is 479 g/mol. The van der Waals surface area contributed by atoms with Crippen LogP contribution in [0.5, 0.6) is 0 Å². The van der Waals surface area contributed by atoms with Gasteiger partial charge >= 0.3 is 6.03 Å². The summed E-state index contributed by atoms with van der Waals surface area (Å²) in [6.45, 7) is 4.78. The number of thioether (sulfide) groups is 1. The molecule has 3 aromatic rings. The zero-order valence-corrected chi connectivity index (χ0v) is 20.7. The molecule has 2 aliphatic carbocycles. The molecule has 0 saturated heterocycles. The Bertz CT molecular complexity index is 1170. The number of carbonyl (C=O) groups excluding carboxylic acids is 2. The average Bonchev–Trinajstić information content (AvgIpc) is 3.52. The van der Waals surface area contributed by atoms with Crippen LogP contribution < -0.4 is 5.32 Å². The number of rotatable bonds is 5. The van der Waals surface area contributed by atoms with Gasteiger partial charge in [0.05, 0.1) is 9.09 Å². The Hall–Kier alpha value is -2.38. The topological polar surface area (TPSA) is 64.0 Å². The van der Waals surface area contributed by atoms with Gasteiger partial charge in [-0.25, -0.2) is 4.79 Å². The molecule has 172 valence electrons. The summed E-state index contributed by atoms with van der Waals surface area (Å²) >= 11 is 3.58.